The topological polar surface area (TPSA) is 110 Å². The zero-order valence-electron chi connectivity index (χ0n) is 22.1. The Morgan fingerprint density at radius 1 is 1.02 bits per heavy atom. The SMILES string of the molecule is CC(=O)N(NCc1ccccc1Cl)[C@H](COC(=O)Nc1nc2ccc(C)cc2s1)CC(=O)OCc1ccccc1. The lowest BCUT2D eigenvalue weighted by Crippen LogP contribution is -2.51. The van der Waals surface area contributed by atoms with Gasteiger partial charge < -0.3 is 9.47 Å². The van der Waals surface area contributed by atoms with Gasteiger partial charge in [-0.1, -0.05) is 77.5 Å². The number of hydrogen-bond donors (Lipinski definition) is 2. The van der Waals surface area contributed by atoms with Crippen molar-refractivity contribution >= 4 is 56.3 Å². The lowest BCUT2D eigenvalue weighted by Gasteiger charge is -2.30. The molecule has 0 aliphatic heterocycles. The lowest BCUT2D eigenvalue weighted by molar-refractivity contribution is -0.149. The van der Waals surface area contributed by atoms with Gasteiger partial charge in [-0.05, 0) is 41.8 Å². The number of nitrogens with zero attached hydrogens (tertiary/aromatic N) is 2. The molecule has 1 atom stereocenters. The molecule has 2 amide bonds. The molecule has 0 fully saturated rings. The van der Waals surface area contributed by atoms with Crippen molar-refractivity contribution in [1.82, 2.24) is 15.4 Å². The summed E-state index contributed by atoms with van der Waals surface area (Å²) in [7, 11) is 0. The normalized spacial score (nSPS) is 11.6. The van der Waals surface area contributed by atoms with Crippen molar-refractivity contribution in [1.29, 1.82) is 0 Å². The molecule has 208 valence electrons. The average molecular weight is 581 g/mol. The predicted molar refractivity (Wildman–Crippen MR) is 155 cm³/mol. The first-order valence-electron chi connectivity index (χ1n) is 12.6. The maximum Gasteiger partial charge on any atom is 0.413 e. The first-order chi connectivity index (χ1) is 19.3. The molecule has 40 heavy (non-hydrogen) atoms. The zero-order chi connectivity index (χ0) is 28.5. The van der Waals surface area contributed by atoms with Crippen LogP contribution in [0, 0.1) is 6.92 Å². The molecule has 0 spiro atoms. The third-order valence-electron chi connectivity index (χ3n) is 5.91. The van der Waals surface area contributed by atoms with Crippen LogP contribution in [-0.4, -0.2) is 40.6 Å². The Morgan fingerprint density at radius 3 is 2.52 bits per heavy atom. The molecule has 0 saturated carbocycles. The van der Waals surface area contributed by atoms with Gasteiger partial charge in [0.1, 0.15) is 13.2 Å². The summed E-state index contributed by atoms with van der Waals surface area (Å²) in [4.78, 5) is 42.4. The summed E-state index contributed by atoms with van der Waals surface area (Å²) in [6, 6.07) is 21.4. The summed E-state index contributed by atoms with van der Waals surface area (Å²) in [5, 5.41) is 4.80. The molecule has 4 aromatic rings. The number of anilines is 1. The van der Waals surface area contributed by atoms with Crippen molar-refractivity contribution < 1.29 is 23.9 Å². The number of ether oxygens (including phenoxy) is 2. The largest absolute Gasteiger partial charge is 0.461 e. The van der Waals surface area contributed by atoms with E-state index in [-0.39, 0.29) is 32.1 Å². The predicted octanol–water partition coefficient (Wildman–Crippen LogP) is 5.86. The van der Waals surface area contributed by atoms with Crippen molar-refractivity contribution in [2.45, 2.75) is 39.5 Å². The van der Waals surface area contributed by atoms with Crippen molar-refractivity contribution in [3.05, 3.63) is 94.5 Å². The van der Waals surface area contributed by atoms with Crippen LogP contribution >= 0.6 is 22.9 Å². The molecule has 9 nitrogen and oxygen atoms in total. The molecule has 0 unspecified atom stereocenters. The number of nitrogens with one attached hydrogen (secondary N) is 2. The molecule has 0 aliphatic rings. The molecule has 3 aromatic carbocycles. The highest BCUT2D eigenvalue weighted by atomic mass is 35.5. The second-order valence-electron chi connectivity index (χ2n) is 9.03. The van der Waals surface area contributed by atoms with Gasteiger partial charge in [-0.25, -0.2) is 15.2 Å². The molecular weight excluding hydrogens is 552 g/mol. The maximum atomic E-state index is 12.8. The van der Waals surface area contributed by atoms with Gasteiger partial charge in [0.25, 0.3) is 0 Å². The Balaban J connectivity index is 1.43. The van der Waals surface area contributed by atoms with E-state index in [1.165, 1.54) is 23.3 Å². The summed E-state index contributed by atoms with van der Waals surface area (Å²) < 4.78 is 11.8. The number of rotatable bonds is 11. The van der Waals surface area contributed by atoms with E-state index in [9.17, 15) is 14.4 Å². The average Bonchev–Trinajstić information content (AvgIpc) is 3.33. The van der Waals surface area contributed by atoms with Gasteiger partial charge in [0.05, 0.1) is 22.7 Å². The Morgan fingerprint density at radius 2 is 1.77 bits per heavy atom. The van der Waals surface area contributed by atoms with Gasteiger partial charge in [-0.15, -0.1) is 0 Å². The summed E-state index contributed by atoms with van der Waals surface area (Å²) >= 11 is 7.59. The van der Waals surface area contributed by atoms with Crippen molar-refractivity contribution in [3.8, 4) is 0 Å². The Hall–Kier alpha value is -3.99. The van der Waals surface area contributed by atoms with Gasteiger partial charge >= 0.3 is 12.1 Å². The van der Waals surface area contributed by atoms with Crippen LogP contribution in [0.3, 0.4) is 0 Å². The van der Waals surface area contributed by atoms with E-state index in [1.807, 2.05) is 67.6 Å². The number of halogens is 1. The maximum absolute atomic E-state index is 12.8. The third-order valence-corrected chi connectivity index (χ3v) is 7.21. The van der Waals surface area contributed by atoms with Gasteiger partial charge in [0.15, 0.2) is 5.13 Å². The monoisotopic (exact) mass is 580 g/mol. The van der Waals surface area contributed by atoms with Gasteiger partial charge in [-0.3, -0.25) is 19.9 Å². The van der Waals surface area contributed by atoms with Crippen molar-refractivity contribution in [2.24, 2.45) is 0 Å². The van der Waals surface area contributed by atoms with Gasteiger partial charge in [0.2, 0.25) is 5.91 Å². The smallest absolute Gasteiger partial charge is 0.413 e. The Labute approximate surface area is 241 Å². The number of hydrazine groups is 1. The number of thiazole rings is 1. The van der Waals surface area contributed by atoms with Crippen LogP contribution in [0.25, 0.3) is 10.2 Å². The zero-order valence-corrected chi connectivity index (χ0v) is 23.6. The number of carbonyl (C=O) groups excluding carboxylic acids is 3. The minimum atomic E-state index is -0.855. The van der Waals surface area contributed by atoms with E-state index in [1.54, 1.807) is 12.1 Å². The molecule has 11 heteroatoms. The molecular formula is C29H29ClN4O5S. The van der Waals surface area contributed by atoms with Crippen molar-refractivity contribution in [2.75, 3.05) is 11.9 Å². The van der Waals surface area contributed by atoms with Crippen LogP contribution in [0.15, 0.2) is 72.8 Å². The fraction of sp³-hybridized carbons (Fsp3) is 0.241. The van der Waals surface area contributed by atoms with Crippen LogP contribution in [0.2, 0.25) is 5.02 Å². The number of esters is 1. The summed E-state index contributed by atoms with van der Waals surface area (Å²) in [6.07, 6.45) is -0.969. The van der Waals surface area contributed by atoms with Crippen LogP contribution in [0.1, 0.15) is 30.0 Å². The van der Waals surface area contributed by atoms with E-state index < -0.39 is 18.1 Å². The van der Waals surface area contributed by atoms with Crippen molar-refractivity contribution in [3.63, 3.8) is 0 Å². The number of carbonyl (C=O) groups is 3. The molecule has 1 aromatic heterocycles. The molecule has 0 bridgehead atoms. The van der Waals surface area contributed by atoms with E-state index in [0.717, 1.165) is 26.9 Å². The third kappa shape index (κ3) is 8.25. The van der Waals surface area contributed by atoms with Crippen LogP contribution < -0.4 is 10.7 Å². The van der Waals surface area contributed by atoms with Gasteiger partial charge in [-0.2, -0.15) is 0 Å². The number of aryl methyl sites for hydroxylation is 1. The van der Waals surface area contributed by atoms with E-state index in [4.69, 9.17) is 21.1 Å². The number of aromatic nitrogens is 1. The molecule has 2 N–H and O–H groups in total. The highest BCUT2D eigenvalue weighted by Gasteiger charge is 2.27. The Kier molecular flexibility index (Phi) is 10.1. The lowest BCUT2D eigenvalue weighted by atomic mass is 10.2. The molecule has 4 rings (SSSR count). The fourth-order valence-corrected chi connectivity index (χ4v) is 5.06. The minimum absolute atomic E-state index is 0.0813. The summed E-state index contributed by atoms with van der Waals surface area (Å²) in [6.45, 7) is 3.35. The standard InChI is InChI=1S/C29H29ClN4O5S/c1-19-12-13-25-26(14-19)40-28(32-25)33-29(37)39-18-23(15-27(36)38-17-21-8-4-3-5-9-21)34(20(2)35)31-16-22-10-6-7-11-24(22)30/h3-14,23,31H,15-18H2,1-2H3,(H,32,33,37)/t23-/m0/s1. The molecule has 0 aliphatic carbocycles. The highest BCUT2D eigenvalue weighted by molar-refractivity contribution is 7.22. The number of fused-ring (bicyclic) bond motifs is 1. The quantitative estimate of drug-likeness (QED) is 0.169. The van der Waals surface area contributed by atoms with Crippen LogP contribution in [0.5, 0.6) is 0 Å². The first kappa shape index (κ1) is 29.0. The molecule has 0 saturated heterocycles. The van der Waals surface area contributed by atoms with E-state index in [2.05, 4.69) is 15.7 Å². The fourth-order valence-electron chi connectivity index (χ4n) is 3.90. The Bertz CT molecular complexity index is 1480. The molecule has 1 heterocycles. The highest BCUT2D eigenvalue weighted by Crippen LogP contribution is 2.26. The van der Waals surface area contributed by atoms with Gasteiger partial charge in [0, 0.05) is 18.5 Å². The van der Waals surface area contributed by atoms with E-state index in [0.29, 0.717) is 10.2 Å². The summed E-state index contributed by atoms with van der Waals surface area (Å²) in [5.41, 5.74) is 6.45. The number of amides is 2. The minimum Gasteiger partial charge on any atom is -0.461 e. The number of hydrogen-bond acceptors (Lipinski definition) is 8. The van der Waals surface area contributed by atoms with E-state index >= 15 is 0 Å². The van der Waals surface area contributed by atoms with Crippen LogP contribution in [0.4, 0.5) is 9.93 Å². The second-order valence-corrected chi connectivity index (χ2v) is 10.5. The second kappa shape index (κ2) is 13.9. The van der Waals surface area contributed by atoms with Crippen LogP contribution in [-0.2, 0) is 32.2 Å². The number of benzene rings is 3. The summed E-state index contributed by atoms with van der Waals surface area (Å²) in [5.74, 6) is -0.927. The molecule has 0 radical (unpaired) electrons. The first-order valence-corrected chi connectivity index (χ1v) is 13.7.